The van der Waals surface area contributed by atoms with Gasteiger partial charge in [0.25, 0.3) is 0 Å². The van der Waals surface area contributed by atoms with Crippen molar-refractivity contribution in [3.8, 4) is 11.1 Å². The number of aryl methyl sites for hydroxylation is 2. The summed E-state index contributed by atoms with van der Waals surface area (Å²) in [4.78, 5) is 0. The second-order valence-corrected chi connectivity index (χ2v) is 3.21. The number of nitrogens with zero attached hydrogens (tertiary/aromatic N) is 1. The molecule has 0 unspecified atom stereocenters. The van der Waals surface area contributed by atoms with E-state index in [2.05, 4.69) is 37.2 Å². The minimum atomic E-state index is 1.03. The van der Waals surface area contributed by atoms with Gasteiger partial charge in [-0.05, 0) is 30.5 Å². The van der Waals surface area contributed by atoms with Gasteiger partial charge >= 0.3 is 0 Å². The van der Waals surface area contributed by atoms with Gasteiger partial charge < -0.3 is 4.52 Å². The van der Waals surface area contributed by atoms with Crippen LogP contribution in [0.4, 0.5) is 0 Å². The van der Waals surface area contributed by atoms with Crippen molar-refractivity contribution in [2.75, 3.05) is 0 Å². The quantitative estimate of drug-likeness (QED) is 0.662. The number of hydrogen-bond donors (Lipinski definition) is 0. The molecule has 2 aromatic rings. The molecule has 0 spiro atoms. The Balaban J connectivity index is 2.49. The molecule has 2 rings (SSSR count). The van der Waals surface area contributed by atoms with Gasteiger partial charge in [0.15, 0.2) is 0 Å². The minimum absolute atomic E-state index is 1.03. The lowest BCUT2D eigenvalue weighted by atomic mass is 10.0. The molecular weight excluding hydrogens is 162 g/mol. The van der Waals surface area contributed by atoms with Crippen molar-refractivity contribution in [2.24, 2.45) is 0 Å². The molecule has 66 valence electrons. The molecule has 2 heteroatoms. The van der Waals surface area contributed by atoms with Gasteiger partial charge in [-0.3, -0.25) is 0 Å². The number of benzene rings is 1. The molecule has 1 heterocycles. The number of aromatic nitrogens is 1. The molecule has 0 amide bonds. The lowest BCUT2D eigenvalue weighted by Gasteiger charge is -2.01. The normalized spacial score (nSPS) is 10.3. The molecule has 0 saturated heterocycles. The maximum Gasteiger partial charge on any atom is 0.131 e. The summed E-state index contributed by atoms with van der Waals surface area (Å²) in [7, 11) is 0. The van der Waals surface area contributed by atoms with Crippen LogP contribution < -0.4 is 0 Å². The van der Waals surface area contributed by atoms with E-state index < -0.39 is 0 Å². The summed E-state index contributed by atoms with van der Waals surface area (Å²) in [5, 5.41) is 3.68. The summed E-state index contributed by atoms with van der Waals surface area (Å²) < 4.78 is 4.79. The average Bonchev–Trinajstić information content (AvgIpc) is 2.62. The van der Waals surface area contributed by atoms with Crippen molar-refractivity contribution in [3.05, 3.63) is 41.8 Å². The second kappa shape index (κ2) is 3.05. The Bertz CT molecular complexity index is 404. The Kier molecular flexibility index (Phi) is 1.89. The highest BCUT2D eigenvalue weighted by Crippen LogP contribution is 2.21. The first-order chi connectivity index (χ1) is 6.27. The van der Waals surface area contributed by atoms with Gasteiger partial charge in [-0.2, -0.15) is 0 Å². The SMILES string of the molecule is Cc1ccc(-c2cnoc2)cc1C. The molecule has 0 bridgehead atoms. The Morgan fingerprint density at radius 1 is 1.08 bits per heavy atom. The predicted molar refractivity (Wildman–Crippen MR) is 51.4 cm³/mol. The third-order valence-corrected chi connectivity index (χ3v) is 2.27. The van der Waals surface area contributed by atoms with Crippen molar-refractivity contribution in [2.45, 2.75) is 13.8 Å². The highest BCUT2D eigenvalue weighted by Gasteiger charge is 2.00. The average molecular weight is 173 g/mol. The van der Waals surface area contributed by atoms with Gasteiger partial charge in [-0.25, -0.2) is 0 Å². The summed E-state index contributed by atoms with van der Waals surface area (Å²) >= 11 is 0. The van der Waals surface area contributed by atoms with Crippen LogP contribution in [0.2, 0.25) is 0 Å². The van der Waals surface area contributed by atoms with E-state index >= 15 is 0 Å². The summed E-state index contributed by atoms with van der Waals surface area (Å²) in [6.45, 7) is 4.21. The molecule has 1 aromatic carbocycles. The van der Waals surface area contributed by atoms with Crippen LogP contribution in [0.5, 0.6) is 0 Å². The van der Waals surface area contributed by atoms with Gasteiger partial charge in [0.2, 0.25) is 0 Å². The molecule has 0 aliphatic heterocycles. The minimum Gasteiger partial charge on any atom is -0.364 e. The maximum absolute atomic E-state index is 4.79. The van der Waals surface area contributed by atoms with E-state index in [0.717, 1.165) is 11.1 Å². The predicted octanol–water partition coefficient (Wildman–Crippen LogP) is 2.96. The molecular formula is C11H11NO. The largest absolute Gasteiger partial charge is 0.364 e. The monoisotopic (exact) mass is 173 g/mol. The maximum atomic E-state index is 4.79. The van der Waals surface area contributed by atoms with E-state index in [1.165, 1.54) is 11.1 Å². The second-order valence-electron chi connectivity index (χ2n) is 3.21. The first-order valence-corrected chi connectivity index (χ1v) is 4.24. The Labute approximate surface area is 77.2 Å². The molecule has 0 fully saturated rings. The van der Waals surface area contributed by atoms with Crippen molar-refractivity contribution in [1.29, 1.82) is 0 Å². The van der Waals surface area contributed by atoms with Crippen LogP contribution in [0, 0.1) is 13.8 Å². The van der Waals surface area contributed by atoms with E-state index in [0.29, 0.717) is 0 Å². The fourth-order valence-electron chi connectivity index (χ4n) is 1.27. The van der Waals surface area contributed by atoms with E-state index in [1.54, 1.807) is 12.5 Å². The third kappa shape index (κ3) is 1.47. The zero-order chi connectivity index (χ0) is 9.26. The van der Waals surface area contributed by atoms with Crippen molar-refractivity contribution in [3.63, 3.8) is 0 Å². The van der Waals surface area contributed by atoms with Gasteiger partial charge in [0, 0.05) is 5.56 Å². The smallest absolute Gasteiger partial charge is 0.131 e. The molecule has 0 radical (unpaired) electrons. The van der Waals surface area contributed by atoms with E-state index in [-0.39, 0.29) is 0 Å². The Hall–Kier alpha value is -1.57. The van der Waals surface area contributed by atoms with Crippen LogP contribution in [0.15, 0.2) is 35.2 Å². The van der Waals surface area contributed by atoms with Crippen LogP contribution >= 0.6 is 0 Å². The number of rotatable bonds is 1. The lowest BCUT2D eigenvalue weighted by Crippen LogP contribution is -1.81. The van der Waals surface area contributed by atoms with Crippen molar-refractivity contribution < 1.29 is 4.52 Å². The van der Waals surface area contributed by atoms with E-state index in [9.17, 15) is 0 Å². The lowest BCUT2D eigenvalue weighted by molar-refractivity contribution is 0.420. The third-order valence-electron chi connectivity index (χ3n) is 2.27. The number of hydrogen-bond acceptors (Lipinski definition) is 2. The molecule has 13 heavy (non-hydrogen) atoms. The van der Waals surface area contributed by atoms with Crippen LogP contribution in [-0.4, -0.2) is 5.16 Å². The molecule has 0 aliphatic rings. The van der Waals surface area contributed by atoms with Crippen molar-refractivity contribution in [1.82, 2.24) is 5.16 Å². The highest BCUT2D eigenvalue weighted by atomic mass is 16.5. The first kappa shape index (κ1) is 8.05. The summed E-state index contributed by atoms with van der Waals surface area (Å²) in [6, 6.07) is 6.33. The molecule has 2 nitrogen and oxygen atoms in total. The molecule has 0 saturated carbocycles. The fraction of sp³-hybridized carbons (Fsp3) is 0.182. The van der Waals surface area contributed by atoms with Crippen LogP contribution in [0.3, 0.4) is 0 Å². The zero-order valence-corrected chi connectivity index (χ0v) is 7.74. The van der Waals surface area contributed by atoms with Crippen LogP contribution in [0.25, 0.3) is 11.1 Å². The summed E-state index contributed by atoms with van der Waals surface area (Å²) in [5.74, 6) is 0. The highest BCUT2D eigenvalue weighted by molar-refractivity contribution is 5.62. The Morgan fingerprint density at radius 3 is 2.54 bits per heavy atom. The van der Waals surface area contributed by atoms with E-state index in [1.807, 2.05) is 0 Å². The summed E-state index contributed by atoms with van der Waals surface area (Å²) in [5.41, 5.74) is 4.78. The van der Waals surface area contributed by atoms with E-state index in [4.69, 9.17) is 4.52 Å². The van der Waals surface area contributed by atoms with Gasteiger partial charge in [0.05, 0.1) is 6.20 Å². The fourth-order valence-corrected chi connectivity index (χ4v) is 1.27. The van der Waals surface area contributed by atoms with Gasteiger partial charge in [-0.1, -0.05) is 23.4 Å². The first-order valence-electron chi connectivity index (χ1n) is 4.24. The van der Waals surface area contributed by atoms with Gasteiger partial charge in [0.1, 0.15) is 6.26 Å². The molecule has 0 aliphatic carbocycles. The van der Waals surface area contributed by atoms with Crippen LogP contribution in [-0.2, 0) is 0 Å². The van der Waals surface area contributed by atoms with Gasteiger partial charge in [-0.15, -0.1) is 0 Å². The van der Waals surface area contributed by atoms with Crippen molar-refractivity contribution >= 4 is 0 Å². The molecule has 0 atom stereocenters. The standard InChI is InChI=1S/C11H11NO/c1-8-3-4-10(5-9(8)2)11-6-12-13-7-11/h3-7H,1-2H3. The Morgan fingerprint density at radius 2 is 1.92 bits per heavy atom. The summed E-state index contributed by atoms with van der Waals surface area (Å²) in [6.07, 6.45) is 3.38. The molecule has 0 N–H and O–H groups in total. The molecule has 1 aromatic heterocycles. The topological polar surface area (TPSA) is 26.0 Å². The van der Waals surface area contributed by atoms with Crippen LogP contribution in [0.1, 0.15) is 11.1 Å². The zero-order valence-electron chi connectivity index (χ0n) is 7.74.